The Bertz CT molecular complexity index is 642. The second-order valence-electron chi connectivity index (χ2n) is 6.62. The van der Waals surface area contributed by atoms with Gasteiger partial charge in [0.2, 0.25) is 5.91 Å². The van der Waals surface area contributed by atoms with Crippen molar-refractivity contribution in [1.29, 1.82) is 0 Å². The van der Waals surface area contributed by atoms with E-state index in [-0.39, 0.29) is 0 Å². The molecule has 0 N–H and O–H groups in total. The fourth-order valence-electron chi connectivity index (χ4n) is 3.83. The summed E-state index contributed by atoms with van der Waals surface area (Å²) < 4.78 is 1.26. The van der Waals surface area contributed by atoms with Gasteiger partial charge in [0.05, 0.1) is 15.2 Å². The zero-order valence-corrected chi connectivity index (χ0v) is 13.6. The maximum atomic E-state index is 12.7. The van der Waals surface area contributed by atoms with E-state index in [1.54, 1.807) is 11.3 Å². The first-order valence-corrected chi connectivity index (χ1v) is 9.27. The van der Waals surface area contributed by atoms with Crippen molar-refractivity contribution in [3.05, 3.63) is 29.3 Å². The normalized spacial score (nSPS) is 23.3. The van der Waals surface area contributed by atoms with Crippen LogP contribution >= 0.6 is 11.3 Å². The number of carbonyl (C=O) groups excluding carboxylic acids is 1. The van der Waals surface area contributed by atoms with Crippen molar-refractivity contribution in [2.24, 2.45) is 5.92 Å². The Balaban J connectivity index is 1.46. The smallest absolute Gasteiger partial charge is 0.225 e. The zero-order valence-electron chi connectivity index (χ0n) is 12.8. The number of amides is 1. The van der Waals surface area contributed by atoms with Gasteiger partial charge in [0.1, 0.15) is 0 Å². The summed E-state index contributed by atoms with van der Waals surface area (Å²) in [7, 11) is 0. The maximum Gasteiger partial charge on any atom is 0.225 e. The predicted molar refractivity (Wildman–Crippen MR) is 90.1 cm³/mol. The minimum Gasteiger partial charge on any atom is -0.342 e. The Morgan fingerprint density at radius 3 is 2.77 bits per heavy atom. The third-order valence-electron chi connectivity index (χ3n) is 5.11. The maximum absolute atomic E-state index is 12.7. The van der Waals surface area contributed by atoms with Crippen LogP contribution in [0.1, 0.15) is 49.5 Å². The summed E-state index contributed by atoms with van der Waals surface area (Å²) in [6.45, 7) is 1.78. The Morgan fingerprint density at radius 1 is 1.14 bits per heavy atom. The fourth-order valence-corrected chi connectivity index (χ4v) is 4.93. The summed E-state index contributed by atoms with van der Waals surface area (Å²) >= 11 is 1.79. The van der Waals surface area contributed by atoms with E-state index in [0.29, 0.717) is 17.7 Å². The Labute approximate surface area is 135 Å². The Hall–Kier alpha value is -1.42. The van der Waals surface area contributed by atoms with E-state index in [9.17, 15) is 4.79 Å². The Kier molecular flexibility index (Phi) is 3.87. The average Bonchev–Trinajstić information content (AvgIpc) is 3.21. The summed E-state index contributed by atoms with van der Waals surface area (Å²) in [6, 6.07) is 8.32. The number of rotatable bonds is 2. The molecule has 2 heterocycles. The topological polar surface area (TPSA) is 33.2 Å². The number of hydrogen-bond acceptors (Lipinski definition) is 3. The van der Waals surface area contributed by atoms with Gasteiger partial charge in [0.15, 0.2) is 0 Å². The molecule has 0 bridgehead atoms. The number of hydrogen-bond donors (Lipinski definition) is 0. The molecule has 2 aliphatic rings. The van der Waals surface area contributed by atoms with Crippen LogP contribution in [-0.2, 0) is 4.79 Å². The first kappa shape index (κ1) is 14.2. The minimum absolute atomic E-state index is 0.294. The first-order chi connectivity index (χ1) is 10.8. The highest BCUT2D eigenvalue weighted by Crippen LogP contribution is 2.35. The highest BCUT2D eigenvalue weighted by Gasteiger charge is 2.33. The van der Waals surface area contributed by atoms with E-state index in [0.717, 1.165) is 37.9 Å². The van der Waals surface area contributed by atoms with Crippen molar-refractivity contribution >= 4 is 27.5 Å². The molecule has 22 heavy (non-hydrogen) atoms. The predicted octanol–water partition coefficient (Wildman–Crippen LogP) is 4.19. The molecule has 3 nitrogen and oxygen atoms in total. The van der Waals surface area contributed by atoms with Crippen LogP contribution in [0.5, 0.6) is 0 Å². The number of likely N-dealkylation sites (tertiary alicyclic amines) is 1. The van der Waals surface area contributed by atoms with Gasteiger partial charge in [0.25, 0.3) is 0 Å². The third-order valence-corrected chi connectivity index (χ3v) is 6.31. The summed E-state index contributed by atoms with van der Waals surface area (Å²) in [5, 5.41) is 1.21. The second kappa shape index (κ2) is 5.99. The number of nitrogens with zero attached hydrogens (tertiary/aromatic N) is 2. The molecular weight excluding hydrogens is 292 g/mol. The van der Waals surface area contributed by atoms with Gasteiger partial charge in [-0.15, -0.1) is 11.3 Å². The summed E-state index contributed by atoms with van der Waals surface area (Å²) in [6.07, 6.45) is 7.02. The van der Waals surface area contributed by atoms with Gasteiger partial charge in [-0.05, 0) is 31.4 Å². The van der Waals surface area contributed by atoms with Gasteiger partial charge in [0, 0.05) is 24.9 Å². The molecule has 1 amide bonds. The van der Waals surface area contributed by atoms with Gasteiger partial charge >= 0.3 is 0 Å². The molecule has 0 radical (unpaired) electrons. The van der Waals surface area contributed by atoms with Crippen LogP contribution in [0.15, 0.2) is 24.3 Å². The van der Waals surface area contributed by atoms with Crippen molar-refractivity contribution in [2.45, 2.75) is 44.4 Å². The molecule has 1 saturated carbocycles. The molecule has 2 fully saturated rings. The SMILES string of the molecule is O=C(C1CCCCC1)N1CCC(c2nc3ccccc3s2)C1. The van der Waals surface area contributed by atoms with Crippen molar-refractivity contribution in [3.63, 3.8) is 0 Å². The van der Waals surface area contributed by atoms with Crippen LogP contribution in [0.3, 0.4) is 0 Å². The second-order valence-corrected chi connectivity index (χ2v) is 7.69. The molecule has 1 aromatic heterocycles. The molecular formula is C18H22N2OS. The molecule has 1 aromatic carbocycles. The molecule has 0 spiro atoms. The lowest BCUT2D eigenvalue weighted by molar-refractivity contribution is -0.135. The van der Waals surface area contributed by atoms with Gasteiger partial charge in [-0.2, -0.15) is 0 Å². The molecule has 2 aromatic rings. The van der Waals surface area contributed by atoms with Crippen LogP contribution in [0.4, 0.5) is 0 Å². The first-order valence-electron chi connectivity index (χ1n) is 8.45. The van der Waals surface area contributed by atoms with Crippen molar-refractivity contribution < 1.29 is 4.79 Å². The zero-order chi connectivity index (χ0) is 14.9. The molecule has 4 heteroatoms. The fraction of sp³-hybridized carbons (Fsp3) is 0.556. The molecule has 1 atom stereocenters. The van der Waals surface area contributed by atoms with Crippen molar-refractivity contribution in [1.82, 2.24) is 9.88 Å². The largest absolute Gasteiger partial charge is 0.342 e. The molecule has 4 rings (SSSR count). The van der Waals surface area contributed by atoms with E-state index in [4.69, 9.17) is 4.98 Å². The van der Waals surface area contributed by atoms with Gasteiger partial charge in [-0.25, -0.2) is 4.98 Å². The number of benzene rings is 1. The lowest BCUT2D eigenvalue weighted by Crippen LogP contribution is -2.35. The van der Waals surface area contributed by atoms with Crippen LogP contribution in [-0.4, -0.2) is 28.9 Å². The van der Waals surface area contributed by atoms with Crippen molar-refractivity contribution in [3.8, 4) is 0 Å². The lowest BCUT2D eigenvalue weighted by atomic mass is 9.88. The highest BCUT2D eigenvalue weighted by atomic mass is 32.1. The molecule has 116 valence electrons. The number of para-hydroxylation sites is 1. The summed E-state index contributed by atoms with van der Waals surface area (Å²) in [5.74, 6) is 1.14. The highest BCUT2D eigenvalue weighted by molar-refractivity contribution is 7.18. The molecule has 1 aliphatic heterocycles. The molecule has 1 unspecified atom stereocenters. The number of aromatic nitrogens is 1. The van der Waals surface area contributed by atoms with Crippen LogP contribution in [0.2, 0.25) is 0 Å². The van der Waals surface area contributed by atoms with Gasteiger partial charge in [-0.1, -0.05) is 31.4 Å². The van der Waals surface area contributed by atoms with Crippen LogP contribution in [0, 0.1) is 5.92 Å². The van der Waals surface area contributed by atoms with Crippen molar-refractivity contribution in [2.75, 3.05) is 13.1 Å². The van der Waals surface area contributed by atoms with E-state index in [2.05, 4.69) is 23.1 Å². The van der Waals surface area contributed by atoms with Crippen LogP contribution < -0.4 is 0 Å². The Morgan fingerprint density at radius 2 is 1.95 bits per heavy atom. The molecule has 1 aliphatic carbocycles. The number of thiazole rings is 1. The summed E-state index contributed by atoms with van der Waals surface area (Å²) in [5.41, 5.74) is 1.10. The lowest BCUT2D eigenvalue weighted by Gasteiger charge is -2.26. The monoisotopic (exact) mass is 314 g/mol. The quantitative estimate of drug-likeness (QED) is 0.832. The average molecular weight is 314 g/mol. The summed E-state index contributed by atoms with van der Waals surface area (Å²) in [4.78, 5) is 19.5. The van der Waals surface area contributed by atoms with E-state index >= 15 is 0 Å². The number of fused-ring (bicyclic) bond motifs is 1. The van der Waals surface area contributed by atoms with Crippen LogP contribution in [0.25, 0.3) is 10.2 Å². The van der Waals surface area contributed by atoms with Gasteiger partial charge < -0.3 is 4.90 Å². The standard InChI is InChI=1S/C18H22N2OS/c21-18(13-6-2-1-3-7-13)20-11-10-14(12-20)17-19-15-8-4-5-9-16(15)22-17/h4-5,8-9,13-14H,1-3,6-7,10-12H2. The third kappa shape index (κ3) is 2.65. The number of carbonyl (C=O) groups is 1. The van der Waals surface area contributed by atoms with Gasteiger partial charge in [-0.3, -0.25) is 4.79 Å². The van der Waals surface area contributed by atoms with E-state index in [1.165, 1.54) is 29.0 Å². The van der Waals surface area contributed by atoms with E-state index in [1.807, 2.05) is 6.07 Å². The minimum atomic E-state index is 0.294. The molecule has 1 saturated heterocycles. The van der Waals surface area contributed by atoms with E-state index < -0.39 is 0 Å².